The Morgan fingerprint density at radius 1 is 1.30 bits per heavy atom. The van der Waals surface area contributed by atoms with Crippen LogP contribution in [-0.4, -0.2) is 55.5 Å². The zero-order chi connectivity index (χ0) is 15.0. The molecular weight excluding hydrogens is 262 g/mol. The second kappa shape index (κ2) is 8.52. The van der Waals surface area contributed by atoms with Crippen LogP contribution in [0.15, 0.2) is 0 Å². The van der Waals surface area contributed by atoms with Gasteiger partial charge >= 0.3 is 11.8 Å². The van der Waals surface area contributed by atoms with E-state index in [9.17, 15) is 14.4 Å². The van der Waals surface area contributed by atoms with E-state index in [0.717, 1.165) is 0 Å². The van der Waals surface area contributed by atoms with Crippen LogP contribution in [0.2, 0.25) is 0 Å². The number of ether oxygens (including phenoxy) is 1. The summed E-state index contributed by atoms with van der Waals surface area (Å²) >= 11 is 0. The van der Waals surface area contributed by atoms with Crippen molar-refractivity contribution in [2.75, 3.05) is 32.8 Å². The molecule has 0 bridgehead atoms. The van der Waals surface area contributed by atoms with Gasteiger partial charge in [-0.2, -0.15) is 0 Å². The van der Waals surface area contributed by atoms with Crippen molar-refractivity contribution < 1.29 is 19.1 Å². The third kappa shape index (κ3) is 5.16. The fraction of sp³-hybridized carbons (Fsp3) is 0.769. The maximum Gasteiger partial charge on any atom is 0.311 e. The second-order valence-electron chi connectivity index (χ2n) is 4.78. The number of amides is 3. The summed E-state index contributed by atoms with van der Waals surface area (Å²) in [7, 11) is 0. The molecule has 0 atom stereocenters. The Bertz CT molecular complexity index is 352. The number of hydrogen-bond acceptors (Lipinski definition) is 4. The van der Waals surface area contributed by atoms with E-state index < -0.39 is 11.8 Å². The van der Waals surface area contributed by atoms with Crippen LogP contribution in [-0.2, 0) is 19.1 Å². The summed E-state index contributed by atoms with van der Waals surface area (Å²) < 4.78 is 5.14. The maximum atomic E-state index is 11.9. The van der Waals surface area contributed by atoms with Crippen molar-refractivity contribution in [1.29, 1.82) is 0 Å². The predicted octanol–water partition coefficient (Wildman–Crippen LogP) is -0.747. The first-order valence-corrected chi connectivity index (χ1v) is 7.00. The molecule has 1 rings (SSSR count). The monoisotopic (exact) mass is 285 g/mol. The summed E-state index contributed by atoms with van der Waals surface area (Å²) in [6.45, 7) is 4.33. The van der Waals surface area contributed by atoms with Gasteiger partial charge in [0.2, 0.25) is 5.91 Å². The summed E-state index contributed by atoms with van der Waals surface area (Å²) in [6.07, 6.45) is 1.73. The molecule has 1 fully saturated rings. The molecule has 1 heterocycles. The normalized spacial score (nSPS) is 15.9. The fourth-order valence-corrected chi connectivity index (χ4v) is 2.11. The summed E-state index contributed by atoms with van der Waals surface area (Å²) in [5.41, 5.74) is 5.22. The molecule has 1 saturated heterocycles. The van der Waals surface area contributed by atoms with Crippen molar-refractivity contribution >= 4 is 17.7 Å². The van der Waals surface area contributed by atoms with E-state index in [1.807, 2.05) is 6.92 Å². The fourth-order valence-electron chi connectivity index (χ4n) is 2.11. The lowest BCUT2D eigenvalue weighted by molar-refractivity contribution is -0.147. The largest absolute Gasteiger partial charge is 0.382 e. The number of carbonyl (C=O) groups excluding carboxylic acids is 3. The lowest BCUT2D eigenvalue weighted by atomic mass is 9.96. The Labute approximate surface area is 118 Å². The molecule has 1 aliphatic heterocycles. The van der Waals surface area contributed by atoms with Crippen LogP contribution >= 0.6 is 0 Å². The van der Waals surface area contributed by atoms with Gasteiger partial charge in [0.1, 0.15) is 0 Å². The van der Waals surface area contributed by atoms with Crippen LogP contribution in [0.5, 0.6) is 0 Å². The molecule has 7 nitrogen and oxygen atoms in total. The molecule has 3 N–H and O–H groups in total. The summed E-state index contributed by atoms with van der Waals surface area (Å²) in [6, 6.07) is 0. The number of carbonyl (C=O) groups is 3. The Hall–Kier alpha value is -1.63. The highest BCUT2D eigenvalue weighted by atomic mass is 16.5. The minimum atomic E-state index is -0.598. The molecule has 0 spiro atoms. The van der Waals surface area contributed by atoms with Gasteiger partial charge in [0.05, 0.1) is 0 Å². The van der Waals surface area contributed by atoms with Gasteiger partial charge in [0.25, 0.3) is 0 Å². The van der Waals surface area contributed by atoms with Gasteiger partial charge in [-0.05, 0) is 26.2 Å². The number of nitrogens with two attached hydrogens (primary N) is 1. The van der Waals surface area contributed by atoms with Gasteiger partial charge < -0.3 is 20.7 Å². The van der Waals surface area contributed by atoms with Crippen LogP contribution in [0.1, 0.15) is 26.2 Å². The first-order valence-electron chi connectivity index (χ1n) is 7.00. The van der Waals surface area contributed by atoms with Crippen LogP contribution in [0.4, 0.5) is 0 Å². The number of rotatable bonds is 6. The van der Waals surface area contributed by atoms with Crippen molar-refractivity contribution in [2.24, 2.45) is 11.7 Å². The third-order valence-corrected chi connectivity index (χ3v) is 3.33. The van der Waals surface area contributed by atoms with Crippen LogP contribution in [0.3, 0.4) is 0 Å². The number of piperidine rings is 1. The van der Waals surface area contributed by atoms with Crippen molar-refractivity contribution in [3.63, 3.8) is 0 Å². The first kappa shape index (κ1) is 16.4. The third-order valence-electron chi connectivity index (χ3n) is 3.33. The number of hydrogen-bond donors (Lipinski definition) is 2. The van der Waals surface area contributed by atoms with Gasteiger partial charge in [-0.15, -0.1) is 0 Å². The van der Waals surface area contributed by atoms with E-state index in [1.165, 1.54) is 4.90 Å². The van der Waals surface area contributed by atoms with Crippen LogP contribution in [0.25, 0.3) is 0 Å². The molecule has 0 aromatic heterocycles. The standard InChI is InChI=1S/C13H23N3O4/c1-2-20-9-3-6-15-12(18)13(19)16-7-4-10(5-8-16)11(14)17/h10H,2-9H2,1H3,(H2,14,17)(H,15,18). The summed E-state index contributed by atoms with van der Waals surface area (Å²) in [4.78, 5) is 36.0. The number of nitrogens with zero attached hydrogens (tertiary/aromatic N) is 1. The lowest BCUT2D eigenvalue weighted by Gasteiger charge is -2.29. The molecule has 114 valence electrons. The predicted molar refractivity (Wildman–Crippen MR) is 72.6 cm³/mol. The zero-order valence-corrected chi connectivity index (χ0v) is 11.9. The van der Waals surface area contributed by atoms with E-state index in [4.69, 9.17) is 10.5 Å². The summed E-state index contributed by atoms with van der Waals surface area (Å²) in [5.74, 6) is -1.66. The van der Waals surface area contributed by atoms with E-state index in [-0.39, 0.29) is 11.8 Å². The first-order chi connectivity index (χ1) is 9.56. The van der Waals surface area contributed by atoms with E-state index in [0.29, 0.717) is 52.1 Å². The van der Waals surface area contributed by atoms with Crippen LogP contribution in [0, 0.1) is 5.92 Å². The average Bonchev–Trinajstić information content (AvgIpc) is 2.46. The Balaban J connectivity index is 2.24. The lowest BCUT2D eigenvalue weighted by Crippen LogP contribution is -2.48. The van der Waals surface area contributed by atoms with Crippen LogP contribution < -0.4 is 11.1 Å². The second-order valence-corrected chi connectivity index (χ2v) is 4.78. The Morgan fingerprint density at radius 3 is 2.50 bits per heavy atom. The molecule has 3 amide bonds. The minimum absolute atomic E-state index is 0.187. The Morgan fingerprint density at radius 2 is 1.95 bits per heavy atom. The van der Waals surface area contributed by atoms with Gasteiger partial charge in [-0.1, -0.05) is 0 Å². The van der Waals surface area contributed by atoms with E-state index >= 15 is 0 Å². The smallest absolute Gasteiger partial charge is 0.311 e. The number of nitrogens with one attached hydrogen (secondary N) is 1. The van der Waals surface area contributed by atoms with E-state index in [1.54, 1.807) is 0 Å². The molecule has 0 aromatic rings. The topological polar surface area (TPSA) is 102 Å². The van der Waals surface area contributed by atoms with Crippen molar-refractivity contribution in [2.45, 2.75) is 26.2 Å². The van der Waals surface area contributed by atoms with Gasteiger partial charge in [-0.25, -0.2) is 0 Å². The minimum Gasteiger partial charge on any atom is -0.382 e. The SMILES string of the molecule is CCOCCCNC(=O)C(=O)N1CCC(C(N)=O)CC1. The summed E-state index contributed by atoms with van der Waals surface area (Å²) in [5, 5.41) is 2.57. The van der Waals surface area contributed by atoms with E-state index in [2.05, 4.69) is 5.32 Å². The molecule has 0 radical (unpaired) electrons. The quantitative estimate of drug-likeness (QED) is 0.495. The Kier molecular flexibility index (Phi) is 7.00. The maximum absolute atomic E-state index is 11.9. The van der Waals surface area contributed by atoms with Crippen molar-refractivity contribution in [1.82, 2.24) is 10.2 Å². The molecular formula is C13H23N3O4. The molecule has 0 aromatic carbocycles. The van der Waals surface area contributed by atoms with Crippen molar-refractivity contribution in [3.8, 4) is 0 Å². The molecule has 0 aliphatic carbocycles. The average molecular weight is 285 g/mol. The highest BCUT2D eigenvalue weighted by molar-refractivity contribution is 6.35. The number of likely N-dealkylation sites (tertiary alicyclic amines) is 1. The zero-order valence-electron chi connectivity index (χ0n) is 11.9. The molecule has 7 heteroatoms. The van der Waals surface area contributed by atoms with Gasteiger partial charge in [0, 0.05) is 38.8 Å². The van der Waals surface area contributed by atoms with Gasteiger partial charge in [-0.3, -0.25) is 14.4 Å². The van der Waals surface area contributed by atoms with Crippen molar-refractivity contribution in [3.05, 3.63) is 0 Å². The molecule has 0 unspecified atom stereocenters. The molecule has 20 heavy (non-hydrogen) atoms. The highest BCUT2D eigenvalue weighted by Crippen LogP contribution is 2.16. The highest BCUT2D eigenvalue weighted by Gasteiger charge is 2.28. The molecule has 1 aliphatic rings. The number of primary amides is 1. The molecule has 0 saturated carbocycles. The van der Waals surface area contributed by atoms with Gasteiger partial charge in [0.15, 0.2) is 0 Å².